The van der Waals surface area contributed by atoms with E-state index in [1.54, 1.807) is 30.3 Å². The highest BCUT2D eigenvalue weighted by Gasteiger charge is 2.30. The largest absolute Gasteiger partial charge is 0.402 e. The summed E-state index contributed by atoms with van der Waals surface area (Å²) in [6.07, 6.45) is -4.85. The molecular formula is C23H19F4NO3S. The number of hydrogen-bond donors (Lipinski definition) is 1. The number of rotatable bonds is 8. The number of nitrogens with one attached hydrogen (secondary N) is 1. The maximum absolute atomic E-state index is 13.1. The molecule has 0 saturated heterocycles. The molecule has 0 atom stereocenters. The minimum Gasteiger partial charge on any atom is -0.299 e. The molecule has 0 amide bonds. The maximum Gasteiger partial charge on any atom is 0.402 e. The molecular weight excluding hydrogens is 446 g/mol. The SMILES string of the molecule is O=C(Cc1ccc(F)cc1)Cc1cc(S(=O)(=O)NCC(F)(F)F)ccc1-c1ccccc1. The third-order valence-corrected chi connectivity index (χ3v) is 6.04. The van der Waals surface area contributed by atoms with Crippen molar-refractivity contribution in [3.05, 3.63) is 89.7 Å². The number of carbonyl (C=O) groups is 1. The van der Waals surface area contributed by atoms with Crippen molar-refractivity contribution in [2.75, 3.05) is 6.54 Å². The van der Waals surface area contributed by atoms with Gasteiger partial charge in [0.15, 0.2) is 0 Å². The topological polar surface area (TPSA) is 63.2 Å². The molecule has 0 aliphatic heterocycles. The molecule has 3 aromatic carbocycles. The molecule has 1 N–H and O–H groups in total. The van der Waals surface area contributed by atoms with E-state index in [2.05, 4.69) is 0 Å². The van der Waals surface area contributed by atoms with Crippen molar-refractivity contribution in [2.24, 2.45) is 0 Å². The van der Waals surface area contributed by atoms with Gasteiger partial charge in [-0.05, 0) is 46.5 Å². The number of halogens is 4. The first-order chi connectivity index (χ1) is 15.0. The monoisotopic (exact) mass is 465 g/mol. The van der Waals surface area contributed by atoms with E-state index in [-0.39, 0.29) is 23.5 Å². The fourth-order valence-corrected chi connectivity index (χ4v) is 4.21. The van der Waals surface area contributed by atoms with Crippen LogP contribution in [0.5, 0.6) is 0 Å². The Morgan fingerprint density at radius 2 is 1.53 bits per heavy atom. The van der Waals surface area contributed by atoms with Gasteiger partial charge in [-0.2, -0.15) is 13.2 Å². The predicted molar refractivity (Wildman–Crippen MR) is 112 cm³/mol. The van der Waals surface area contributed by atoms with Crippen LogP contribution >= 0.6 is 0 Å². The molecule has 0 aliphatic carbocycles. The number of carbonyl (C=O) groups excluding carboxylic acids is 1. The summed E-state index contributed by atoms with van der Waals surface area (Å²) in [5, 5.41) is 0. The van der Waals surface area contributed by atoms with Gasteiger partial charge in [0.1, 0.15) is 18.1 Å². The molecule has 9 heteroatoms. The summed E-state index contributed by atoms with van der Waals surface area (Å²) in [5.41, 5.74) is 2.27. The van der Waals surface area contributed by atoms with Gasteiger partial charge in [-0.3, -0.25) is 4.79 Å². The van der Waals surface area contributed by atoms with Gasteiger partial charge in [-0.1, -0.05) is 48.5 Å². The minimum atomic E-state index is -4.70. The number of Topliss-reactive ketones (excluding diaryl/α,β-unsaturated/α-hetero) is 1. The molecule has 4 nitrogen and oxygen atoms in total. The number of sulfonamides is 1. The Labute approximate surface area is 183 Å². The van der Waals surface area contributed by atoms with Gasteiger partial charge in [-0.25, -0.2) is 17.5 Å². The lowest BCUT2D eigenvalue weighted by atomic mass is 9.94. The van der Waals surface area contributed by atoms with Crippen LogP contribution in [-0.2, 0) is 27.7 Å². The molecule has 0 aromatic heterocycles. The molecule has 0 aliphatic rings. The van der Waals surface area contributed by atoms with Crippen LogP contribution in [0, 0.1) is 5.82 Å². The molecule has 3 aromatic rings. The third-order valence-electron chi connectivity index (χ3n) is 4.64. The first kappa shape index (κ1) is 23.6. The zero-order valence-corrected chi connectivity index (χ0v) is 17.5. The lowest BCUT2D eigenvalue weighted by Gasteiger charge is -2.14. The Hall–Kier alpha value is -3.04. The summed E-state index contributed by atoms with van der Waals surface area (Å²) in [5.74, 6) is -0.691. The van der Waals surface area contributed by atoms with Gasteiger partial charge < -0.3 is 0 Å². The molecule has 0 fully saturated rings. The first-order valence-corrected chi connectivity index (χ1v) is 11.0. The van der Waals surface area contributed by atoms with Crippen molar-refractivity contribution in [3.63, 3.8) is 0 Å². The average Bonchev–Trinajstić information content (AvgIpc) is 2.74. The van der Waals surface area contributed by atoms with Crippen LogP contribution in [0.3, 0.4) is 0 Å². The number of benzene rings is 3. The fourth-order valence-electron chi connectivity index (χ4n) is 3.15. The molecule has 0 heterocycles. The van der Waals surface area contributed by atoms with E-state index in [0.717, 1.165) is 5.56 Å². The lowest BCUT2D eigenvalue weighted by Crippen LogP contribution is -2.33. The van der Waals surface area contributed by atoms with E-state index >= 15 is 0 Å². The Morgan fingerprint density at radius 3 is 2.16 bits per heavy atom. The molecule has 32 heavy (non-hydrogen) atoms. The molecule has 0 saturated carbocycles. The van der Waals surface area contributed by atoms with Crippen LogP contribution in [0.15, 0.2) is 77.7 Å². The molecule has 0 bridgehead atoms. The van der Waals surface area contributed by atoms with E-state index in [1.807, 2.05) is 0 Å². The van der Waals surface area contributed by atoms with Crippen molar-refractivity contribution in [1.29, 1.82) is 0 Å². The van der Waals surface area contributed by atoms with E-state index < -0.39 is 28.6 Å². The van der Waals surface area contributed by atoms with Gasteiger partial charge in [0.2, 0.25) is 10.0 Å². The highest BCUT2D eigenvalue weighted by atomic mass is 32.2. The molecule has 168 valence electrons. The van der Waals surface area contributed by atoms with Crippen LogP contribution in [0.25, 0.3) is 11.1 Å². The summed E-state index contributed by atoms with van der Waals surface area (Å²) in [4.78, 5) is 12.3. The highest BCUT2D eigenvalue weighted by Crippen LogP contribution is 2.27. The summed E-state index contributed by atoms with van der Waals surface area (Å²) in [6, 6.07) is 18.2. The van der Waals surface area contributed by atoms with Crippen molar-refractivity contribution < 1.29 is 30.8 Å². The second-order valence-corrected chi connectivity index (χ2v) is 8.91. The van der Waals surface area contributed by atoms with E-state index in [1.165, 1.54) is 47.2 Å². The van der Waals surface area contributed by atoms with E-state index in [9.17, 15) is 30.8 Å². The average molecular weight is 465 g/mol. The number of ketones is 1. The van der Waals surface area contributed by atoms with Gasteiger partial charge >= 0.3 is 6.18 Å². The fraction of sp³-hybridized carbons (Fsp3) is 0.174. The van der Waals surface area contributed by atoms with Crippen LogP contribution < -0.4 is 4.72 Å². The summed E-state index contributed by atoms with van der Waals surface area (Å²) in [6.45, 7) is -1.70. The quantitative estimate of drug-likeness (QED) is 0.491. The molecule has 0 spiro atoms. The lowest BCUT2D eigenvalue weighted by molar-refractivity contribution is -0.121. The second kappa shape index (κ2) is 9.62. The zero-order chi connectivity index (χ0) is 23.4. The molecule has 3 rings (SSSR count). The van der Waals surface area contributed by atoms with Gasteiger partial charge in [0.05, 0.1) is 4.90 Å². The summed E-state index contributed by atoms with van der Waals surface area (Å²) >= 11 is 0. The van der Waals surface area contributed by atoms with Gasteiger partial charge in [0, 0.05) is 12.8 Å². The standard InChI is InChI=1S/C23H19F4NO3S/c24-19-8-6-16(7-9-19)12-20(29)13-18-14-21(32(30,31)28-15-23(25,26)27)10-11-22(18)17-4-2-1-3-5-17/h1-11,14,28H,12-13,15H2. The predicted octanol–water partition coefficient (Wildman–Crippen LogP) is 4.69. The van der Waals surface area contributed by atoms with Crippen LogP contribution in [-0.4, -0.2) is 26.9 Å². The smallest absolute Gasteiger partial charge is 0.299 e. The van der Waals surface area contributed by atoms with Gasteiger partial charge in [-0.15, -0.1) is 0 Å². The Morgan fingerprint density at radius 1 is 0.875 bits per heavy atom. The van der Waals surface area contributed by atoms with Crippen molar-refractivity contribution >= 4 is 15.8 Å². The van der Waals surface area contributed by atoms with Gasteiger partial charge in [0.25, 0.3) is 0 Å². The second-order valence-electron chi connectivity index (χ2n) is 7.14. The van der Waals surface area contributed by atoms with Crippen LogP contribution in [0.2, 0.25) is 0 Å². The van der Waals surface area contributed by atoms with Crippen LogP contribution in [0.1, 0.15) is 11.1 Å². The minimum absolute atomic E-state index is 0.00217. The van der Waals surface area contributed by atoms with Crippen LogP contribution in [0.4, 0.5) is 17.6 Å². The molecule has 0 unspecified atom stereocenters. The normalized spacial score (nSPS) is 12.0. The number of hydrogen-bond acceptors (Lipinski definition) is 3. The molecule has 0 radical (unpaired) electrons. The highest BCUT2D eigenvalue weighted by molar-refractivity contribution is 7.89. The first-order valence-electron chi connectivity index (χ1n) is 9.54. The van der Waals surface area contributed by atoms with E-state index in [0.29, 0.717) is 16.7 Å². The summed E-state index contributed by atoms with van der Waals surface area (Å²) in [7, 11) is -4.44. The Kier molecular flexibility index (Phi) is 7.10. The van der Waals surface area contributed by atoms with E-state index in [4.69, 9.17) is 0 Å². The third kappa shape index (κ3) is 6.48. The Bertz CT molecular complexity index is 1190. The number of alkyl halides is 3. The Balaban J connectivity index is 1.92. The van der Waals surface area contributed by atoms with Crippen molar-refractivity contribution in [3.8, 4) is 11.1 Å². The maximum atomic E-state index is 13.1. The zero-order valence-electron chi connectivity index (χ0n) is 16.7. The van der Waals surface area contributed by atoms with Crippen molar-refractivity contribution in [2.45, 2.75) is 23.9 Å². The van der Waals surface area contributed by atoms with Crippen molar-refractivity contribution in [1.82, 2.24) is 4.72 Å². The summed E-state index contributed by atoms with van der Waals surface area (Å²) < 4.78 is 76.8.